The molecule has 4 aliphatic rings. The van der Waals surface area contributed by atoms with Gasteiger partial charge in [0.2, 0.25) is 5.91 Å². The second kappa shape index (κ2) is 8.27. The van der Waals surface area contributed by atoms with Crippen molar-refractivity contribution in [2.75, 3.05) is 32.4 Å². The quantitative estimate of drug-likeness (QED) is 0.707. The number of piperidine rings is 3. The number of nitrogens with zero attached hydrogens (tertiary/aromatic N) is 2. The number of benzene rings is 2. The van der Waals surface area contributed by atoms with E-state index in [9.17, 15) is 17.6 Å². The van der Waals surface area contributed by atoms with E-state index in [1.165, 1.54) is 31.2 Å². The number of fused-ring (bicyclic) bond motifs is 4. The molecule has 2 bridgehead atoms. The predicted molar refractivity (Wildman–Crippen MR) is 120 cm³/mol. The molecule has 4 heterocycles. The normalized spacial score (nSPS) is 27.2. The molecule has 170 valence electrons. The van der Waals surface area contributed by atoms with Crippen LogP contribution in [0.5, 0.6) is 0 Å². The third-order valence-corrected chi connectivity index (χ3v) is 8.62. The van der Waals surface area contributed by atoms with E-state index in [-0.39, 0.29) is 17.8 Å². The van der Waals surface area contributed by atoms with Crippen LogP contribution < -0.4 is 0 Å². The number of carbonyl (C=O) groups excluding carboxylic acids is 1. The lowest BCUT2D eigenvalue weighted by Crippen LogP contribution is -2.49. The number of hydrogen-bond acceptors (Lipinski definition) is 4. The first-order chi connectivity index (χ1) is 15.3. The molecular weight excluding hydrogens is 427 g/mol. The molecular formula is C25H29FN2O3S. The first-order valence-electron chi connectivity index (χ1n) is 11.4. The van der Waals surface area contributed by atoms with E-state index in [1.54, 1.807) is 24.3 Å². The molecule has 0 aromatic heterocycles. The Kier molecular flexibility index (Phi) is 5.58. The molecule has 32 heavy (non-hydrogen) atoms. The van der Waals surface area contributed by atoms with Crippen molar-refractivity contribution >= 4 is 15.7 Å². The van der Waals surface area contributed by atoms with Gasteiger partial charge in [-0.05, 0) is 85.1 Å². The van der Waals surface area contributed by atoms with Crippen molar-refractivity contribution in [2.45, 2.75) is 36.6 Å². The summed E-state index contributed by atoms with van der Waals surface area (Å²) in [5.41, 5.74) is 2.72. The maximum atomic E-state index is 13.6. The van der Waals surface area contributed by atoms with Gasteiger partial charge in [-0.3, -0.25) is 4.79 Å². The second-order valence-corrected chi connectivity index (χ2v) is 11.5. The molecule has 4 aliphatic heterocycles. The lowest BCUT2D eigenvalue weighted by Gasteiger charge is -2.46. The fourth-order valence-corrected chi connectivity index (χ4v) is 6.44. The molecule has 2 aromatic rings. The van der Waals surface area contributed by atoms with E-state index >= 15 is 0 Å². The molecule has 0 aliphatic carbocycles. The van der Waals surface area contributed by atoms with E-state index in [2.05, 4.69) is 4.90 Å². The molecule has 5 nitrogen and oxygen atoms in total. The highest BCUT2D eigenvalue weighted by molar-refractivity contribution is 7.90. The Morgan fingerprint density at radius 1 is 1.06 bits per heavy atom. The van der Waals surface area contributed by atoms with Gasteiger partial charge in [-0.2, -0.15) is 0 Å². The van der Waals surface area contributed by atoms with E-state index in [1.807, 2.05) is 11.0 Å². The van der Waals surface area contributed by atoms with Crippen LogP contribution in [0.3, 0.4) is 0 Å². The maximum absolute atomic E-state index is 13.6. The smallest absolute Gasteiger partial charge is 0.223 e. The van der Waals surface area contributed by atoms with Gasteiger partial charge in [-0.15, -0.1) is 0 Å². The minimum absolute atomic E-state index is 0.135. The summed E-state index contributed by atoms with van der Waals surface area (Å²) in [4.78, 5) is 18.2. The first kappa shape index (κ1) is 21.6. The molecule has 0 N–H and O–H groups in total. The summed E-state index contributed by atoms with van der Waals surface area (Å²) in [5.74, 6) is 0.841. The van der Waals surface area contributed by atoms with Gasteiger partial charge < -0.3 is 9.80 Å². The summed E-state index contributed by atoms with van der Waals surface area (Å²) in [7, 11) is -3.31. The monoisotopic (exact) mass is 456 g/mol. The van der Waals surface area contributed by atoms with Crippen LogP contribution in [0.1, 0.15) is 42.0 Å². The lowest BCUT2D eigenvalue weighted by molar-refractivity contribution is -0.136. The van der Waals surface area contributed by atoms with E-state index in [0.29, 0.717) is 36.1 Å². The largest absolute Gasteiger partial charge is 0.331 e. The van der Waals surface area contributed by atoms with Crippen molar-refractivity contribution in [2.24, 2.45) is 11.8 Å². The summed E-state index contributed by atoms with van der Waals surface area (Å²) in [6.45, 7) is 3.82. The first-order valence-corrected chi connectivity index (χ1v) is 13.3. The SMILES string of the molecule is CS(=O)(=O)c1ccc2c(c1)CCN(C(=O)C[C@@H]1CN3CCC1CC3)[C@H]2c1ccc(F)cc1. The molecule has 3 saturated heterocycles. The number of halogens is 1. The summed E-state index contributed by atoms with van der Waals surface area (Å²) < 4.78 is 37.7. The van der Waals surface area contributed by atoms with Crippen LogP contribution in [0.4, 0.5) is 4.39 Å². The van der Waals surface area contributed by atoms with Crippen molar-refractivity contribution in [3.8, 4) is 0 Å². The highest BCUT2D eigenvalue weighted by atomic mass is 32.2. The van der Waals surface area contributed by atoms with Crippen LogP contribution in [-0.2, 0) is 21.1 Å². The van der Waals surface area contributed by atoms with Crippen molar-refractivity contribution in [1.82, 2.24) is 9.80 Å². The van der Waals surface area contributed by atoms with Crippen LogP contribution in [-0.4, -0.2) is 56.6 Å². The van der Waals surface area contributed by atoms with Gasteiger partial charge in [0, 0.05) is 25.8 Å². The molecule has 2 aromatic carbocycles. The predicted octanol–water partition coefficient (Wildman–Crippen LogP) is 3.44. The molecule has 0 radical (unpaired) electrons. The number of sulfone groups is 1. The molecule has 2 atom stereocenters. The van der Waals surface area contributed by atoms with Crippen molar-refractivity contribution in [3.63, 3.8) is 0 Å². The van der Waals surface area contributed by atoms with Gasteiger partial charge in [-0.25, -0.2) is 12.8 Å². The van der Waals surface area contributed by atoms with E-state index in [4.69, 9.17) is 0 Å². The Labute approximate surface area is 189 Å². The zero-order chi connectivity index (χ0) is 22.5. The van der Waals surface area contributed by atoms with Crippen molar-refractivity contribution in [1.29, 1.82) is 0 Å². The van der Waals surface area contributed by atoms with Gasteiger partial charge in [0.15, 0.2) is 9.84 Å². The highest BCUT2D eigenvalue weighted by Crippen LogP contribution is 2.39. The summed E-state index contributed by atoms with van der Waals surface area (Å²) in [6, 6.07) is 11.1. The Morgan fingerprint density at radius 3 is 2.41 bits per heavy atom. The topological polar surface area (TPSA) is 57.7 Å². The molecule has 3 fully saturated rings. The number of carbonyl (C=O) groups is 1. The lowest BCUT2D eigenvalue weighted by atomic mass is 9.77. The van der Waals surface area contributed by atoms with Crippen LogP contribution in [0.25, 0.3) is 0 Å². The summed E-state index contributed by atoms with van der Waals surface area (Å²) in [5, 5.41) is 0. The molecule has 7 heteroatoms. The zero-order valence-corrected chi connectivity index (χ0v) is 19.2. The summed E-state index contributed by atoms with van der Waals surface area (Å²) in [6.07, 6.45) is 4.71. The fraction of sp³-hybridized carbons (Fsp3) is 0.480. The van der Waals surface area contributed by atoms with Crippen LogP contribution in [0.2, 0.25) is 0 Å². The minimum atomic E-state index is -3.31. The van der Waals surface area contributed by atoms with E-state index in [0.717, 1.165) is 36.3 Å². The summed E-state index contributed by atoms with van der Waals surface area (Å²) >= 11 is 0. The highest BCUT2D eigenvalue weighted by Gasteiger charge is 2.38. The molecule has 0 unspecified atom stereocenters. The van der Waals surface area contributed by atoms with E-state index < -0.39 is 9.84 Å². The third kappa shape index (κ3) is 4.08. The average Bonchev–Trinajstić information content (AvgIpc) is 2.79. The molecule has 0 saturated carbocycles. The molecule has 6 rings (SSSR count). The van der Waals surface area contributed by atoms with Gasteiger partial charge in [0.25, 0.3) is 0 Å². The number of amides is 1. The Balaban J connectivity index is 1.48. The van der Waals surface area contributed by atoms with Crippen molar-refractivity contribution < 1.29 is 17.6 Å². The molecule has 1 amide bonds. The standard InChI is InChI=1S/C25H29FN2O3S/c1-32(30,31)22-6-7-23-19(14-22)10-13-28(25(23)18-2-4-21(26)5-3-18)24(29)15-20-16-27-11-8-17(20)9-12-27/h2-7,14,17,20,25H,8-13,15-16H2,1H3/t20-,25+/m1/s1. The fourth-order valence-electron chi connectivity index (χ4n) is 5.77. The average molecular weight is 457 g/mol. The van der Waals surface area contributed by atoms with Crippen LogP contribution in [0.15, 0.2) is 47.4 Å². The van der Waals surface area contributed by atoms with Gasteiger partial charge in [-0.1, -0.05) is 18.2 Å². The molecule has 0 spiro atoms. The minimum Gasteiger partial charge on any atom is -0.331 e. The van der Waals surface area contributed by atoms with Gasteiger partial charge in [0.05, 0.1) is 10.9 Å². The zero-order valence-electron chi connectivity index (χ0n) is 18.3. The number of rotatable bonds is 4. The van der Waals surface area contributed by atoms with Crippen LogP contribution in [0, 0.1) is 17.7 Å². The van der Waals surface area contributed by atoms with Gasteiger partial charge >= 0.3 is 0 Å². The Morgan fingerprint density at radius 2 is 1.78 bits per heavy atom. The maximum Gasteiger partial charge on any atom is 0.223 e. The van der Waals surface area contributed by atoms with Crippen molar-refractivity contribution in [3.05, 3.63) is 65.0 Å². The van der Waals surface area contributed by atoms with Gasteiger partial charge in [0.1, 0.15) is 5.82 Å². The number of hydrogen-bond donors (Lipinski definition) is 0. The Bertz CT molecular complexity index is 1120. The van der Waals surface area contributed by atoms with Crippen LogP contribution >= 0.6 is 0 Å². The third-order valence-electron chi connectivity index (χ3n) is 7.51. The Hall–Kier alpha value is -2.25. The second-order valence-electron chi connectivity index (χ2n) is 9.53.